The molecular weight excluding hydrogens is 381 g/mol. The van der Waals surface area contributed by atoms with Crippen LogP contribution in [-0.4, -0.2) is 34.5 Å². The molecule has 1 unspecified atom stereocenters. The predicted molar refractivity (Wildman–Crippen MR) is 109 cm³/mol. The van der Waals surface area contributed by atoms with Gasteiger partial charge in [0.05, 0.1) is 17.8 Å². The molecule has 1 N–H and O–H groups in total. The second-order valence-corrected chi connectivity index (χ2v) is 9.79. The number of carbonyl (C=O) groups excluding carboxylic acids is 1. The third kappa shape index (κ3) is 4.50. The SMILES string of the molecule is Cc1nc(N(C)C(=O)Cc2ccc(-c3ccccn3)cc2)sc1P(C)(=O)O. The largest absolute Gasteiger partial charge is 0.341 e. The molecule has 3 rings (SSSR count). The average molecular weight is 401 g/mol. The van der Waals surface area contributed by atoms with Gasteiger partial charge in [0.15, 0.2) is 5.13 Å². The maximum atomic E-state index is 12.6. The van der Waals surface area contributed by atoms with Gasteiger partial charge >= 0.3 is 0 Å². The Morgan fingerprint density at radius 3 is 2.48 bits per heavy atom. The number of hydrogen-bond donors (Lipinski definition) is 1. The second-order valence-electron chi connectivity index (χ2n) is 6.31. The van der Waals surface area contributed by atoms with E-state index in [1.165, 1.54) is 11.6 Å². The normalized spacial score (nSPS) is 13.2. The molecule has 0 fully saturated rings. The zero-order chi connectivity index (χ0) is 19.6. The van der Waals surface area contributed by atoms with E-state index in [4.69, 9.17) is 0 Å². The fraction of sp³-hybridized carbons (Fsp3) is 0.211. The summed E-state index contributed by atoms with van der Waals surface area (Å²) in [4.78, 5) is 32.4. The predicted octanol–water partition coefficient (Wildman–Crippen LogP) is 3.24. The van der Waals surface area contributed by atoms with Crippen molar-refractivity contribution >= 4 is 34.4 Å². The molecule has 3 aromatic rings. The Bertz CT molecular complexity index is 997. The molecule has 0 radical (unpaired) electrons. The summed E-state index contributed by atoms with van der Waals surface area (Å²) in [6, 6.07) is 13.4. The summed E-state index contributed by atoms with van der Waals surface area (Å²) in [7, 11) is -1.76. The molecule has 0 aliphatic heterocycles. The molecule has 0 spiro atoms. The van der Waals surface area contributed by atoms with Crippen molar-refractivity contribution in [2.45, 2.75) is 13.3 Å². The van der Waals surface area contributed by atoms with E-state index in [1.54, 1.807) is 20.2 Å². The van der Waals surface area contributed by atoms with Crippen LogP contribution < -0.4 is 9.52 Å². The van der Waals surface area contributed by atoms with Crippen LogP contribution in [0.2, 0.25) is 0 Å². The van der Waals surface area contributed by atoms with Gasteiger partial charge in [-0.15, -0.1) is 0 Å². The number of amides is 1. The van der Waals surface area contributed by atoms with Crippen LogP contribution in [0.4, 0.5) is 5.13 Å². The lowest BCUT2D eigenvalue weighted by molar-refractivity contribution is -0.117. The third-order valence-electron chi connectivity index (χ3n) is 4.07. The number of anilines is 1. The number of pyridine rings is 1. The molecule has 1 aromatic carbocycles. The Labute approximate surface area is 162 Å². The number of rotatable bonds is 5. The van der Waals surface area contributed by atoms with Gasteiger partial charge in [0.2, 0.25) is 13.3 Å². The van der Waals surface area contributed by atoms with Gasteiger partial charge in [0.1, 0.15) is 4.62 Å². The molecule has 2 aromatic heterocycles. The van der Waals surface area contributed by atoms with Crippen molar-refractivity contribution in [3.8, 4) is 11.3 Å². The van der Waals surface area contributed by atoms with Crippen molar-refractivity contribution in [1.29, 1.82) is 0 Å². The van der Waals surface area contributed by atoms with Gasteiger partial charge in [-0.05, 0) is 24.6 Å². The van der Waals surface area contributed by atoms with E-state index in [-0.39, 0.29) is 12.3 Å². The highest BCUT2D eigenvalue weighted by atomic mass is 32.1. The zero-order valence-corrected chi connectivity index (χ0v) is 17.0. The Morgan fingerprint density at radius 1 is 1.22 bits per heavy atom. The molecule has 2 heterocycles. The quantitative estimate of drug-likeness (QED) is 0.664. The van der Waals surface area contributed by atoms with Crippen LogP contribution in [0.3, 0.4) is 0 Å². The molecule has 8 heteroatoms. The van der Waals surface area contributed by atoms with Gasteiger partial charge in [0, 0.05) is 25.5 Å². The van der Waals surface area contributed by atoms with Crippen LogP contribution >= 0.6 is 18.7 Å². The van der Waals surface area contributed by atoms with Crippen molar-refractivity contribution in [3.63, 3.8) is 0 Å². The first-order valence-electron chi connectivity index (χ1n) is 8.31. The van der Waals surface area contributed by atoms with Crippen molar-refractivity contribution < 1.29 is 14.3 Å². The molecule has 1 atom stereocenters. The van der Waals surface area contributed by atoms with Crippen LogP contribution in [0.15, 0.2) is 48.7 Å². The van der Waals surface area contributed by atoms with Gasteiger partial charge in [-0.3, -0.25) is 19.2 Å². The highest BCUT2D eigenvalue weighted by molar-refractivity contribution is 7.71. The van der Waals surface area contributed by atoms with Crippen molar-refractivity contribution in [1.82, 2.24) is 9.97 Å². The average Bonchev–Trinajstić information content (AvgIpc) is 3.04. The summed E-state index contributed by atoms with van der Waals surface area (Å²) < 4.78 is 12.2. The summed E-state index contributed by atoms with van der Waals surface area (Å²) in [5.74, 6) is -0.134. The lowest BCUT2D eigenvalue weighted by Gasteiger charge is -2.14. The summed E-state index contributed by atoms with van der Waals surface area (Å²) in [5.41, 5.74) is 3.24. The van der Waals surface area contributed by atoms with E-state index in [2.05, 4.69) is 9.97 Å². The number of likely N-dealkylation sites (N-methyl/N-ethyl adjacent to an activating group) is 1. The lowest BCUT2D eigenvalue weighted by Crippen LogP contribution is -2.27. The van der Waals surface area contributed by atoms with E-state index >= 15 is 0 Å². The van der Waals surface area contributed by atoms with Crippen LogP contribution in [0, 0.1) is 6.92 Å². The number of carbonyl (C=O) groups is 1. The maximum absolute atomic E-state index is 12.6. The topological polar surface area (TPSA) is 83.4 Å². The smallest absolute Gasteiger partial charge is 0.238 e. The molecule has 27 heavy (non-hydrogen) atoms. The molecule has 1 amide bonds. The monoisotopic (exact) mass is 401 g/mol. The summed E-state index contributed by atoms with van der Waals surface area (Å²) >= 11 is 1.09. The first kappa shape index (κ1) is 19.4. The zero-order valence-electron chi connectivity index (χ0n) is 15.3. The molecule has 0 aliphatic carbocycles. The van der Waals surface area contributed by atoms with Crippen LogP contribution in [-0.2, 0) is 15.8 Å². The van der Waals surface area contributed by atoms with Gasteiger partial charge in [-0.1, -0.05) is 41.7 Å². The molecule has 0 saturated carbocycles. The van der Waals surface area contributed by atoms with Gasteiger partial charge in [0.25, 0.3) is 0 Å². The Balaban J connectivity index is 1.73. The second kappa shape index (κ2) is 7.72. The maximum Gasteiger partial charge on any atom is 0.238 e. The van der Waals surface area contributed by atoms with Gasteiger partial charge in [-0.25, -0.2) is 4.98 Å². The van der Waals surface area contributed by atoms with E-state index in [9.17, 15) is 14.3 Å². The fourth-order valence-electron chi connectivity index (χ4n) is 2.63. The number of aryl methyl sites for hydroxylation is 1. The van der Waals surface area contributed by atoms with E-state index in [0.717, 1.165) is 28.2 Å². The van der Waals surface area contributed by atoms with Crippen LogP contribution in [0.1, 0.15) is 11.3 Å². The van der Waals surface area contributed by atoms with Crippen molar-refractivity contribution in [2.75, 3.05) is 18.6 Å². The van der Waals surface area contributed by atoms with Gasteiger partial charge in [-0.2, -0.15) is 0 Å². The number of benzene rings is 1. The molecule has 140 valence electrons. The molecular formula is C19H20N3O3PS. The van der Waals surface area contributed by atoms with Crippen molar-refractivity contribution in [2.24, 2.45) is 0 Å². The number of aromatic nitrogens is 2. The third-order valence-corrected chi connectivity index (χ3v) is 7.47. The summed E-state index contributed by atoms with van der Waals surface area (Å²) in [5, 5.41) is 0.425. The Kier molecular flexibility index (Phi) is 5.56. The minimum absolute atomic E-state index is 0.134. The Hall–Kier alpha value is -2.34. The standard InChI is InChI=1S/C19H20N3O3PS/c1-13-18(26(3,24)25)27-19(21-13)22(2)17(23)12-14-7-9-15(10-8-14)16-6-4-5-11-20-16/h4-11H,12H2,1-3H3,(H,24,25). The van der Waals surface area contributed by atoms with Crippen molar-refractivity contribution in [3.05, 3.63) is 59.9 Å². The molecule has 6 nitrogen and oxygen atoms in total. The lowest BCUT2D eigenvalue weighted by atomic mass is 10.1. The number of hydrogen-bond acceptors (Lipinski definition) is 5. The van der Waals surface area contributed by atoms with Crippen LogP contribution in [0.25, 0.3) is 11.3 Å². The van der Waals surface area contributed by atoms with Gasteiger partial charge < -0.3 is 4.89 Å². The molecule has 0 saturated heterocycles. The highest BCUT2D eigenvalue weighted by Gasteiger charge is 2.24. The Morgan fingerprint density at radius 2 is 1.93 bits per heavy atom. The van der Waals surface area contributed by atoms with E-state index < -0.39 is 7.37 Å². The molecule has 0 aliphatic rings. The fourth-order valence-corrected chi connectivity index (χ4v) is 4.99. The minimum Gasteiger partial charge on any atom is -0.341 e. The number of nitrogens with zero attached hydrogens (tertiary/aromatic N) is 3. The minimum atomic E-state index is -3.39. The number of thiazole rings is 1. The van der Waals surface area contributed by atoms with Crippen LogP contribution in [0.5, 0.6) is 0 Å². The molecule has 0 bridgehead atoms. The summed E-state index contributed by atoms with van der Waals surface area (Å²) in [6.07, 6.45) is 1.96. The summed E-state index contributed by atoms with van der Waals surface area (Å²) in [6.45, 7) is 2.96. The van der Waals surface area contributed by atoms with E-state index in [1.807, 2.05) is 42.5 Å². The first-order valence-corrected chi connectivity index (χ1v) is 11.2. The first-order chi connectivity index (χ1) is 12.8. The van der Waals surface area contributed by atoms with E-state index in [0.29, 0.717) is 15.4 Å². The highest BCUT2D eigenvalue weighted by Crippen LogP contribution is 2.39.